The molecule has 0 aromatic heterocycles. The highest BCUT2D eigenvalue weighted by molar-refractivity contribution is 5.25. The van der Waals surface area contributed by atoms with E-state index in [0.717, 1.165) is 0 Å². The maximum atomic E-state index is 13.6. The molecule has 1 atom stereocenters. The molecule has 0 aliphatic carbocycles. The highest BCUT2D eigenvalue weighted by atomic mass is 19.4. The van der Waals surface area contributed by atoms with Gasteiger partial charge in [0.2, 0.25) is 0 Å². The van der Waals surface area contributed by atoms with Gasteiger partial charge in [0.15, 0.2) is 5.57 Å². The largest absolute Gasteiger partial charge is 0.474 e. The van der Waals surface area contributed by atoms with Gasteiger partial charge in [-0.05, 0) is 0 Å². The summed E-state index contributed by atoms with van der Waals surface area (Å²) in [5, 5.41) is 0. The molecule has 0 spiro atoms. The van der Waals surface area contributed by atoms with Gasteiger partial charge in [-0.2, -0.15) is 43.9 Å². The standard InChI is InChI=1S/C8H6F10O2/c1-19-4(9)3(6(11,12)13)5(10,20-2)7(14,15)8(16,17)18/h1-2H3/b4-3-. The summed E-state index contributed by atoms with van der Waals surface area (Å²) in [7, 11) is -0.0444. The summed E-state index contributed by atoms with van der Waals surface area (Å²) in [5.74, 6) is -12.5. The van der Waals surface area contributed by atoms with Gasteiger partial charge in [-0.15, -0.1) is 0 Å². The summed E-state index contributed by atoms with van der Waals surface area (Å²) in [6, 6.07) is -3.02. The topological polar surface area (TPSA) is 18.5 Å². The molecule has 0 rings (SSSR count). The summed E-state index contributed by atoms with van der Waals surface area (Å²) >= 11 is 0. The molecule has 0 aromatic carbocycles. The normalized spacial score (nSPS) is 18.4. The number of halogens is 10. The molecule has 0 aliphatic heterocycles. The molecule has 12 heteroatoms. The molecule has 0 heterocycles. The van der Waals surface area contributed by atoms with Crippen LogP contribution in [0.3, 0.4) is 0 Å². The lowest BCUT2D eigenvalue weighted by molar-refractivity contribution is -0.374. The van der Waals surface area contributed by atoms with Crippen molar-refractivity contribution in [2.45, 2.75) is 24.1 Å². The van der Waals surface area contributed by atoms with E-state index in [9.17, 15) is 43.9 Å². The predicted octanol–water partition coefficient (Wildman–Crippen LogP) is 3.89. The Hall–Kier alpha value is -1.20. The van der Waals surface area contributed by atoms with E-state index in [1.54, 1.807) is 0 Å². The lowest BCUT2D eigenvalue weighted by atomic mass is 10.00. The Morgan fingerprint density at radius 3 is 1.40 bits per heavy atom. The van der Waals surface area contributed by atoms with Crippen molar-refractivity contribution in [1.29, 1.82) is 0 Å². The quantitative estimate of drug-likeness (QED) is 0.577. The summed E-state index contributed by atoms with van der Waals surface area (Å²) in [6.07, 6.45) is -13.0. The van der Waals surface area contributed by atoms with Crippen molar-refractivity contribution in [3.8, 4) is 0 Å². The van der Waals surface area contributed by atoms with Gasteiger partial charge in [0.05, 0.1) is 7.11 Å². The van der Waals surface area contributed by atoms with Crippen molar-refractivity contribution in [2.75, 3.05) is 14.2 Å². The van der Waals surface area contributed by atoms with E-state index >= 15 is 0 Å². The first-order chi connectivity index (χ1) is 8.66. The van der Waals surface area contributed by atoms with E-state index in [0.29, 0.717) is 0 Å². The molecule has 0 N–H and O–H groups in total. The Labute approximate surface area is 104 Å². The van der Waals surface area contributed by atoms with Crippen molar-refractivity contribution in [3.05, 3.63) is 11.6 Å². The van der Waals surface area contributed by atoms with Crippen molar-refractivity contribution in [1.82, 2.24) is 0 Å². The van der Waals surface area contributed by atoms with Gasteiger partial charge in [-0.25, -0.2) is 0 Å². The zero-order valence-corrected chi connectivity index (χ0v) is 9.60. The lowest BCUT2D eigenvalue weighted by Crippen LogP contribution is -2.59. The second-order valence-electron chi connectivity index (χ2n) is 3.22. The summed E-state index contributed by atoms with van der Waals surface area (Å²) in [4.78, 5) is 0. The van der Waals surface area contributed by atoms with Gasteiger partial charge in [-0.3, -0.25) is 0 Å². The summed E-state index contributed by atoms with van der Waals surface area (Å²) < 4.78 is 132. The maximum Gasteiger partial charge on any atom is 0.459 e. The molecule has 120 valence electrons. The van der Waals surface area contributed by atoms with Crippen LogP contribution in [0.5, 0.6) is 0 Å². The van der Waals surface area contributed by atoms with Gasteiger partial charge in [-0.1, -0.05) is 0 Å². The number of hydrogen-bond donors (Lipinski definition) is 0. The Bertz CT molecular complexity index is 382. The first-order valence-electron chi connectivity index (χ1n) is 4.36. The van der Waals surface area contributed by atoms with Crippen LogP contribution in [-0.2, 0) is 9.47 Å². The second-order valence-corrected chi connectivity index (χ2v) is 3.22. The van der Waals surface area contributed by atoms with Gasteiger partial charge >= 0.3 is 24.1 Å². The average molecular weight is 324 g/mol. The average Bonchev–Trinajstić information content (AvgIpc) is 2.24. The molecule has 0 aromatic rings. The van der Waals surface area contributed by atoms with E-state index in [4.69, 9.17) is 0 Å². The molecule has 0 aliphatic rings. The molecule has 0 radical (unpaired) electrons. The molecular weight excluding hydrogens is 318 g/mol. The molecule has 0 fully saturated rings. The number of alkyl halides is 9. The van der Waals surface area contributed by atoms with Crippen LogP contribution in [0.2, 0.25) is 0 Å². The third kappa shape index (κ3) is 2.94. The molecule has 0 amide bonds. The second kappa shape index (κ2) is 5.30. The fourth-order valence-corrected chi connectivity index (χ4v) is 1.09. The van der Waals surface area contributed by atoms with Crippen molar-refractivity contribution >= 4 is 0 Å². The third-order valence-corrected chi connectivity index (χ3v) is 2.02. The minimum Gasteiger partial charge on any atom is -0.474 e. The monoisotopic (exact) mass is 324 g/mol. The minimum absolute atomic E-state index is 0.170. The summed E-state index contributed by atoms with van der Waals surface area (Å²) in [5.41, 5.74) is -3.57. The van der Waals surface area contributed by atoms with Gasteiger partial charge in [0.25, 0.3) is 6.01 Å². The Morgan fingerprint density at radius 1 is 0.800 bits per heavy atom. The highest BCUT2D eigenvalue weighted by Crippen LogP contribution is 2.53. The molecule has 2 nitrogen and oxygen atoms in total. The third-order valence-electron chi connectivity index (χ3n) is 2.02. The lowest BCUT2D eigenvalue weighted by Gasteiger charge is -2.34. The molecule has 1 unspecified atom stereocenters. The zero-order chi connectivity index (χ0) is 16.6. The first-order valence-corrected chi connectivity index (χ1v) is 4.36. The predicted molar refractivity (Wildman–Crippen MR) is 43.0 cm³/mol. The van der Waals surface area contributed by atoms with Gasteiger partial charge in [0.1, 0.15) is 0 Å². The van der Waals surface area contributed by atoms with Crippen LogP contribution >= 0.6 is 0 Å². The van der Waals surface area contributed by atoms with Gasteiger partial charge < -0.3 is 9.47 Å². The van der Waals surface area contributed by atoms with E-state index in [1.807, 2.05) is 0 Å². The fraction of sp³-hybridized carbons (Fsp3) is 0.750. The van der Waals surface area contributed by atoms with Crippen LogP contribution < -0.4 is 0 Å². The van der Waals surface area contributed by atoms with E-state index in [-0.39, 0.29) is 14.2 Å². The first kappa shape index (κ1) is 18.8. The number of ether oxygens (including phenoxy) is 2. The molecular formula is C8H6F10O2. The van der Waals surface area contributed by atoms with Crippen molar-refractivity contribution < 1.29 is 53.4 Å². The Kier molecular flexibility index (Phi) is 4.98. The maximum absolute atomic E-state index is 13.6. The molecule has 0 saturated heterocycles. The molecule has 0 saturated carbocycles. The van der Waals surface area contributed by atoms with E-state index in [1.165, 1.54) is 0 Å². The fourth-order valence-electron chi connectivity index (χ4n) is 1.09. The van der Waals surface area contributed by atoms with Crippen LogP contribution in [0.15, 0.2) is 11.6 Å². The van der Waals surface area contributed by atoms with Gasteiger partial charge in [0, 0.05) is 7.11 Å². The van der Waals surface area contributed by atoms with Crippen molar-refractivity contribution in [3.63, 3.8) is 0 Å². The smallest absolute Gasteiger partial charge is 0.459 e. The van der Waals surface area contributed by atoms with Crippen LogP contribution in [0.4, 0.5) is 43.9 Å². The number of rotatable bonds is 4. The zero-order valence-electron chi connectivity index (χ0n) is 9.60. The number of hydrogen-bond acceptors (Lipinski definition) is 2. The van der Waals surface area contributed by atoms with E-state index in [2.05, 4.69) is 9.47 Å². The minimum atomic E-state index is -6.78. The molecule has 0 bridgehead atoms. The van der Waals surface area contributed by atoms with Crippen LogP contribution in [0.1, 0.15) is 0 Å². The Balaban J connectivity index is 6.36. The van der Waals surface area contributed by atoms with Crippen LogP contribution in [0.25, 0.3) is 0 Å². The SMILES string of the molecule is CO/C(F)=C(\C(F)(F)F)C(F)(OC)C(F)(F)C(F)(F)F. The molecule has 20 heavy (non-hydrogen) atoms. The van der Waals surface area contributed by atoms with Crippen LogP contribution in [0, 0.1) is 0 Å². The number of methoxy groups -OCH3 is 2. The summed E-state index contributed by atoms with van der Waals surface area (Å²) in [6.45, 7) is 0. The van der Waals surface area contributed by atoms with Crippen molar-refractivity contribution in [2.24, 2.45) is 0 Å². The van der Waals surface area contributed by atoms with E-state index < -0.39 is 35.7 Å². The highest BCUT2D eigenvalue weighted by Gasteiger charge is 2.78. The van der Waals surface area contributed by atoms with Crippen LogP contribution in [-0.4, -0.2) is 38.3 Å². The Morgan fingerprint density at radius 2 is 1.20 bits per heavy atom.